The van der Waals surface area contributed by atoms with Gasteiger partial charge in [-0.25, -0.2) is 0 Å². The fourth-order valence-corrected chi connectivity index (χ4v) is 2.70. The maximum absolute atomic E-state index is 11.3. The molecule has 1 unspecified atom stereocenters. The van der Waals surface area contributed by atoms with Crippen molar-refractivity contribution in [1.29, 1.82) is 0 Å². The summed E-state index contributed by atoms with van der Waals surface area (Å²) in [6.07, 6.45) is 2.26. The van der Waals surface area contributed by atoms with E-state index in [-0.39, 0.29) is 16.0 Å². The topological polar surface area (TPSA) is 76.4 Å². The van der Waals surface area contributed by atoms with Crippen LogP contribution < -0.4 is 15.4 Å². The summed E-state index contributed by atoms with van der Waals surface area (Å²) in [6.45, 7) is 7.11. The zero-order valence-electron chi connectivity index (χ0n) is 12.6. The van der Waals surface area contributed by atoms with Crippen molar-refractivity contribution in [3.05, 3.63) is 28.3 Å². The third-order valence-electron chi connectivity index (χ3n) is 3.87. The molecule has 1 aromatic carbocycles. The van der Waals surface area contributed by atoms with E-state index in [9.17, 15) is 10.1 Å². The first-order chi connectivity index (χ1) is 10.1. The molecule has 6 heteroatoms. The first kappa shape index (κ1) is 15.6. The van der Waals surface area contributed by atoms with Gasteiger partial charge >= 0.3 is 5.69 Å². The van der Waals surface area contributed by atoms with Crippen LogP contribution in [0.15, 0.2) is 18.2 Å². The molecule has 1 aliphatic rings. The van der Waals surface area contributed by atoms with Gasteiger partial charge in [-0.3, -0.25) is 10.1 Å². The summed E-state index contributed by atoms with van der Waals surface area (Å²) in [5.41, 5.74) is 0.665. The molecule has 0 spiro atoms. The number of nitrogens with one attached hydrogen (secondary N) is 2. The number of hydrogen-bond acceptors (Lipinski definition) is 5. The van der Waals surface area contributed by atoms with Gasteiger partial charge in [-0.1, -0.05) is 13.0 Å². The molecule has 0 saturated carbocycles. The highest BCUT2D eigenvalue weighted by atomic mass is 16.6. The summed E-state index contributed by atoms with van der Waals surface area (Å²) in [5.74, 6) is 0.319. The molecule has 0 aliphatic carbocycles. The Morgan fingerprint density at radius 2 is 2.33 bits per heavy atom. The summed E-state index contributed by atoms with van der Waals surface area (Å²) in [4.78, 5) is 10.9. The van der Waals surface area contributed by atoms with Gasteiger partial charge in [-0.15, -0.1) is 0 Å². The van der Waals surface area contributed by atoms with Crippen LogP contribution in [0.4, 0.5) is 11.4 Å². The molecule has 0 amide bonds. The highest BCUT2D eigenvalue weighted by Gasteiger charge is 2.28. The van der Waals surface area contributed by atoms with Crippen molar-refractivity contribution >= 4 is 11.4 Å². The smallest absolute Gasteiger partial charge is 0.333 e. The van der Waals surface area contributed by atoms with Crippen molar-refractivity contribution in [1.82, 2.24) is 5.32 Å². The van der Waals surface area contributed by atoms with Crippen molar-refractivity contribution in [2.45, 2.75) is 26.7 Å². The van der Waals surface area contributed by atoms with E-state index in [4.69, 9.17) is 4.74 Å². The predicted octanol–water partition coefficient (Wildman–Crippen LogP) is 2.80. The van der Waals surface area contributed by atoms with Crippen LogP contribution in [0.25, 0.3) is 0 Å². The van der Waals surface area contributed by atoms with Crippen LogP contribution in [0, 0.1) is 15.5 Å². The first-order valence-corrected chi connectivity index (χ1v) is 7.40. The number of rotatable bonds is 6. The average molecular weight is 293 g/mol. The van der Waals surface area contributed by atoms with E-state index < -0.39 is 0 Å². The molecule has 0 aromatic heterocycles. The monoisotopic (exact) mass is 293 g/mol. The fraction of sp³-hybridized carbons (Fsp3) is 0.600. The molecule has 21 heavy (non-hydrogen) atoms. The van der Waals surface area contributed by atoms with Gasteiger partial charge in [-0.05, 0) is 43.9 Å². The van der Waals surface area contributed by atoms with Crippen LogP contribution in [0.3, 0.4) is 0 Å². The van der Waals surface area contributed by atoms with Crippen molar-refractivity contribution in [3.63, 3.8) is 0 Å². The Morgan fingerprint density at radius 3 is 2.95 bits per heavy atom. The lowest BCUT2D eigenvalue weighted by Gasteiger charge is -2.34. The molecular formula is C15H23N3O3. The molecule has 1 heterocycles. The maximum Gasteiger partial charge on any atom is 0.333 e. The first-order valence-electron chi connectivity index (χ1n) is 7.40. The zero-order valence-corrected chi connectivity index (χ0v) is 12.6. The molecule has 1 atom stereocenters. The fourth-order valence-electron chi connectivity index (χ4n) is 2.70. The molecule has 1 aromatic rings. The van der Waals surface area contributed by atoms with Gasteiger partial charge in [-0.2, -0.15) is 0 Å². The Bertz CT molecular complexity index is 499. The predicted molar refractivity (Wildman–Crippen MR) is 83.0 cm³/mol. The van der Waals surface area contributed by atoms with Crippen molar-refractivity contribution in [2.24, 2.45) is 5.41 Å². The zero-order chi connectivity index (χ0) is 15.3. The third kappa shape index (κ3) is 3.85. The highest BCUT2D eigenvalue weighted by Crippen LogP contribution is 2.36. The lowest BCUT2D eigenvalue weighted by Crippen LogP contribution is -2.42. The lowest BCUT2D eigenvalue weighted by molar-refractivity contribution is -0.384. The van der Waals surface area contributed by atoms with E-state index in [0.29, 0.717) is 24.6 Å². The molecular weight excluding hydrogens is 270 g/mol. The normalized spacial score (nSPS) is 21.8. The molecule has 2 rings (SSSR count). The van der Waals surface area contributed by atoms with Gasteiger partial charge in [0, 0.05) is 13.1 Å². The molecule has 1 fully saturated rings. The average Bonchev–Trinajstić information content (AvgIpc) is 2.46. The number of hydrogen-bond donors (Lipinski definition) is 2. The Balaban J connectivity index is 2.15. The molecule has 0 bridgehead atoms. The molecule has 1 aliphatic heterocycles. The van der Waals surface area contributed by atoms with Crippen molar-refractivity contribution in [3.8, 4) is 5.75 Å². The Hall–Kier alpha value is -1.82. The second kappa shape index (κ2) is 6.76. The van der Waals surface area contributed by atoms with E-state index >= 15 is 0 Å². The lowest BCUT2D eigenvalue weighted by atomic mass is 9.83. The summed E-state index contributed by atoms with van der Waals surface area (Å²) in [5, 5.41) is 17.9. The SMILES string of the molecule is CCOc1cccc(NCC2(C)CCCNC2)c1[N+](=O)[O-]. The number of benzene rings is 1. The van der Waals surface area contributed by atoms with Gasteiger partial charge in [0.2, 0.25) is 0 Å². The standard InChI is InChI=1S/C15H23N3O3/c1-3-21-13-7-4-6-12(14(13)18(19)20)17-11-15(2)8-5-9-16-10-15/h4,6-7,16-17H,3,5,8-11H2,1-2H3. The number of piperidine rings is 1. The Labute approximate surface area is 125 Å². The molecule has 116 valence electrons. The molecule has 0 radical (unpaired) electrons. The number of nitro benzene ring substituents is 1. The quantitative estimate of drug-likeness (QED) is 0.623. The minimum absolute atomic E-state index is 0.0201. The number of nitro groups is 1. The molecule has 1 saturated heterocycles. The van der Waals surface area contributed by atoms with Gasteiger partial charge in [0.1, 0.15) is 5.69 Å². The summed E-state index contributed by atoms with van der Waals surface area (Å²) in [6, 6.07) is 5.15. The van der Waals surface area contributed by atoms with Crippen LogP contribution in [-0.4, -0.2) is 31.2 Å². The van der Waals surface area contributed by atoms with Crippen molar-refractivity contribution in [2.75, 3.05) is 31.6 Å². The van der Waals surface area contributed by atoms with Crippen LogP contribution in [-0.2, 0) is 0 Å². The Morgan fingerprint density at radius 1 is 1.52 bits per heavy atom. The van der Waals surface area contributed by atoms with Crippen LogP contribution in [0.1, 0.15) is 26.7 Å². The van der Waals surface area contributed by atoms with E-state index in [0.717, 1.165) is 25.9 Å². The van der Waals surface area contributed by atoms with E-state index in [2.05, 4.69) is 17.6 Å². The number of ether oxygens (including phenoxy) is 1. The summed E-state index contributed by atoms with van der Waals surface area (Å²) >= 11 is 0. The summed E-state index contributed by atoms with van der Waals surface area (Å²) < 4.78 is 5.36. The second-order valence-electron chi connectivity index (χ2n) is 5.79. The van der Waals surface area contributed by atoms with Gasteiger partial charge in [0.25, 0.3) is 0 Å². The van der Waals surface area contributed by atoms with Gasteiger partial charge < -0.3 is 15.4 Å². The minimum atomic E-state index is -0.380. The van der Waals surface area contributed by atoms with Gasteiger partial charge in [0.15, 0.2) is 5.75 Å². The van der Waals surface area contributed by atoms with Gasteiger partial charge in [0.05, 0.1) is 11.5 Å². The summed E-state index contributed by atoms with van der Waals surface area (Å²) in [7, 11) is 0. The van der Waals surface area contributed by atoms with E-state index in [1.165, 1.54) is 0 Å². The van der Waals surface area contributed by atoms with E-state index in [1.807, 2.05) is 6.92 Å². The highest BCUT2D eigenvalue weighted by molar-refractivity contribution is 5.68. The van der Waals surface area contributed by atoms with Crippen molar-refractivity contribution < 1.29 is 9.66 Å². The van der Waals surface area contributed by atoms with Crippen LogP contribution >= 0.6 is 0 Å². The number of anilines is 1. The minimum Gasteiger partial charge on any atom is -0.487 e. The largest absolute Gasteiger partial charge is 0.487 e. The second-order valence-corrected chi connectivity index (χ2v) is 5.79. The Kier molecular flexibility index (Phi) is 5.01. The molecule has 6 nitrogen and oxygen atoms in total. The van der Waals surface area contributed by atoms with Crippen LogP contribution in [0.2, 0.25) is 0 Å². The molecule has 2 N–H and O–H groups in total. The van der Waals surface area contributed by atoms with E-state index in [1.54, 1.807) is 18.2 Å². The number of para-hydroxylation sites is 1. The third-order valence-corrected chi connectivity index (χ3v) is 3.87. The maximum atomic E-state index is 11.3. The van der Waals surface area contributed by atoms with Crippen LogP contribution in [0.5, 0.6) is 5.75 Å². The number of nitrogens with zero attached hydrogens (tertiary/aromatic N) is 1.